The second-order valence-corrected chi connectivity index (χ2v) is 7.35. The third-order valence-corrected chi connectivity index (χ3v) is 5.14. The average Bonchev–Trinajstić information content (AvgIpc) is 3.20. The molecule has 1 unspecified atom stereocenters. The summed E-state index contributed by atoms with van der Waals surface area (Å²) >= 11 is 0. The third-order valence-electron chi connectivity index (χ3n) is 5.14. The molecular formula is C20H26FN5O3. The van der Waals surface area contributed by atoms with E-state index in [0.29, 0.717) is 30.8 Å². The molecule has 2 aromatic rings. The van der Waals surface area contributed by atoms with Gasteiger partial charge in [-0.15, -0.1) is 5.10 Å². The fourth-order valence-electron chi connectivity index (χ4n) is 3.55. The summed E-state index contributed by atoms with van der Waals surface area (Å²) in [5.41, 5.74) is 0.607. The molecule has 0 N–H and O–H groups in total. The Balaban J connectivity index is 1.67. The number of methoxy groups -OCH3 is 1. The monoisotopic (exact) mass is 403 g/mol. The normalized spacial score (nSPS) is 16.6. The van der Waals surface area contributed by atoms with Crippen molar-refractivity contribution in [1.29, 1.82) is 0 Å². The SMILES string of the molecule is COc1ccc(C(=O)N2CCCCC2CCn2cc(C(=O)N(C)C)nn2)cc1F. The molecule has 8 nitrogen and oxygen atoms in total. The summed E-state index contributed by atoms with van der Waals surface area (Å²) in [7, 11) is 4.71. The number of piperidine rings is 1. The molecule has 1 aliphatic rings. The molecule has 0 radical (unpaired) electrons. The van der Waals surface area contributed by atoms with Crippen molar-refractivity contribution in [1.82, 2.24) is 24.8 Å². The number of aryl methyl sites for hydroxylation is 1. The van der Waals surface area contributed by atoms with Gasteiger partial charge in [-0.2, -0.15) is 0 Å². The third kappa shape index (κ3) is 4.72. The van der Waals surface area contributed by atoms with E-state index in [-0.39, 0.29) is 23.6 Å². The van der Waals surface area contributed by atoms with Gasteiger partial charge in [0.2, 0.25) is 0 Å². The minimum absolute atomic E-state index is 0.0265. The molecule has 1 aliphatic heterocycles. The molecule has 1 saturated heterocycles. The fraction of sp³-hybridized carbons (Fsp3) is 0.500. The zero-order valence-electron chi connectivity index (χ0n) is 17.0. The zero-order chi connectivity index (χ0) is 21.0. The summed E-state index contributed by atoms with van der Waals surface area (Å²) in [6, 6.07) is 4.31. The zero-order valence-corrected chi connectivity index (χ0v) is 17.0. The van der Waals surface area contributed by atoms with E-state index in [1.165, 1.54) is 24.1 Å². The Hall–Kier alpha value is -2.97. The molecular weight excluding hydrogens is 377 g/mol. The molecule has 0 saturated carbocycles. The quantitative estimate of drug-likeness (QED) is 0.739. The number of likely N-dealkylation sites (tertiary alicyclic amines) is 1. The number of carbonyl (C=O) groups excluding carboxylic acids is 2. The van der Waals surface area contributed by atoms with Gasteiger partial charge in [-0.3, -0.25) is 14.3 Å². The Morgan fingerprint density at radius 2 is 2.10 bits per heavy atom. The van der Waals surface area contributed by atoms with Crippen LogP contribution < -0.4 is 4.74 Å². The molecule has 156 valence electrons. The van der Waals surface area contributed by atoms with Gasteiger partial charge in [0.1, 0.15) is 0 Å². The molecule has 2 heterocycles. The maximum atomic E-state index is 14.0. The van der Waals surface area contributed by atoms with Gasteiger partial charge < -0.3 is 14.5 Å². The van der Waals surface area contributed by atoms with Crippen LogP contribution >= 0.6 is 0 Å². The van der Waals surface area contributed by atoms with Crippen LogP contribution in [0.15, 0.2) is 24.4 Å². The Morgan fingerprint density at radius 3 is 2.79 bits per heavy atom. The molecule has 0 spiro atoms. The van der Waals surface area contributed by atoms with Crippen molar-refractivity contribution in [3.63, 3.8) is 0 Å². The summed E-state index contributed by atoms with van der Waals surface area (Å²) < 4.78 is 20.6. The largest absolute Gasteiger partial charge is 0.494 e. The fourth-order valence-corrected chi connectivity index (χ4v) is 3.55. The van der Waals surface area contributed by atoms with Gasteiger partial charge in [-0.1, -0.05) is 5.21 Å². The van der Waals surface area contributed by atoms with Crippen LogP contribution in [0.1, 0.15) is 46.5 Å². The number of aromatic nitrogens is 3. The number of rotatable bonds is 6. The maximum absolute atomic E-state index is 14.0. The number of amides is 2. The van der Waals surface area contributed by atoms with E-state index in [9.17, 15) is 14.0 Å². The molecule has 9 heteroatoms. The molecule has 0 aliphatic carbocycles. The Morgan fingerprint density at radius 1 is 1.31 bits per heavy atom. The van der Waals surface area contributed by atoms with Crippen LogP contribution in [0.5, 0.6) is 5.75 Å². The van der Waals surface area contributed by atoms with E-state index in [0.717, 1.165) is 19.3 Å². The summed E-state index contributed by atoms with van der Waals surface area (Å²) in [5, 5.41) is 7.93. The summed E-state index contributed by atoms with van der Waals surface area (Å²) in [6.45, 7) is 1.18. The Bertz CT molecular complexity index is 883. The standard InChI is InChI=1S/C20H26FN5O3/c1-24(2)20(28)17-13-25(23-22-17)11-9-15-6-4-5-10-26(15)19(27)14-7-8-18(29-3)16(21)12-14/h7-8,12-13,15H,4-6,9-11H2,1-3H3. The lowest BCUT2D eigenvalue weighted by Crippen LogP contribution is -2.44. The average molecular weight is 403 g/mol. The van der Waals surface area contributed by atoms with E-state index in [1.54, 1.807) is 31.0 Å². The summed E-state index contributed by atoms with van der Waals surface area (Å²) in [5.74, 6) is -0.816. The van der Waals surface area contributed by atoms with Gasteiger partial charge in [-0.25, -0.2) is 4.39 Å². The molecule has 1 fully saturated rings. The molecule has 0 bridgehead atoms. The van der Waals surface area contributed by atoms with E-state index in [2.05, 4.69) is 10.3 Å². The van der Waals surface area contributed by atoms with E-state index in [4.69, 9.17) is 4.74 Å². The maximum Gasteiger partial charge on any atom is 0.275 e. The topological polar surface area (TPSA) is 80.6 Å². The first-order valence-corrected chi connectivity index (χ1v) is 9.67. The molecule has 3 rings (SSSR count). The van der Waals surface area contributed by atoms with Crippen molar-refractivity contribution < 1.29 is 18.7 Å². The first-order chi connectivity index (χ1) is 13.9. The van der Waals surface area contributed by atoms with Gasteiger partial charge in [-0.05, 0) is 43.9 Å². The Labute approximate surface area is 169 Å². The van der Waals surface area contributed by atoms with E-state index >= 15 is 0 Å². The number of ether oxygens (including phenoxy) is 1. The van der Waals surface area contributed by atoms with Gasteiger partial charge in [0.05, 0.1) is 13.3 Å². The van der Waals surface area contributed by atoms with Crippen LogP contribution in [0.25, 0.3) is 0 Å². The number of hydrogen-bond acceptors (Lipinski definition) is 5. The van der Waals surface area contributed by atoms with Crippen LogP contribution in [-0.4, -0.2) is 70.4 Å². The van der Waals surface area contributed by atoms with Gasteiger partial charge >= 0.3 is 0 Å². The lowest BCUT2D eigenvalue weighted by Gasteiger charge is -2.36. The predicted molar refractivity (Wildman–Crippen MR) is 104 cm³/mol. The number of benzene rings is 1. The second kappa shape index (κ2) is 9.02. The molecule has 2 amide bonds. The van der Waals surface area contributed by atoms with Crippen molar-refractivity contribution in [3.8, 4) is 5.75 Å². The van der Waals surface area contributed by atoms with Gasteiger partial charge in [0, 0.05) is 38.8 Å². The van der Waals surface area contributed by atoms with Crippen molar-refractivity contribution in [3.05, 3.63) is 41.5 Å². The van der Waals surface area contributed by atoms with Crippen molar-refractivity contribution >= 4 is 11.8 Å². The van der Waals surface area contributed by atoms with Crippen LogP contribution in [0.4, 0.5) is 4.39 Å². The van der Waals surface area contributed by atoms with Crippen molar-refractivity contribution in [2.45, 2.75) is 38.3 Å². The highest BCUT2D eigenvalue weighted by molar-refractivity contribution is 5.94. The lowest BCUT2D eigenvalue weighted by atomic mass is 9.98. The summed E-state index contributed by atoms with van der Waals surface area (Å²) in [6.07, 6.45) is 5.14. The van der Waals surface area contributed by atoms with E-state index in [1.807, 2.05) is 4.90 Å². The number of carbonyl (C=O) groups is 2. The lowest BCUT2D eigenvalue weighted by molar-refractivity contribution is 0.0593. The highest BCUT2D eigenvalue weighted by atomic mass is 19.1. The smallest absolute Gasteiger partial charge is 0.275 e. The van der Waals surface area contributed by atoms with Crippen LogP contribution in [-0.2, 0) is 6.54 Å². The van der Waals surface area contributed by atoms with Gasteiger partial charge in [0.15, 0.2) is 17.3 Å². The van der Waals surface area contributed by atoms with Crippen molar-refractivity contribution in [2.24, 2.45) is 0 Å². The first kappa shape index (κ1) is 20.8. The Kier molecular flexibility index (Phi) is 6.46. The number of halogens is 1. The summed E-state index contributed by atoms with van der Waals surface area (Å²) in [4.78, 5) is 28.2. The predicted octanol–water partition coefficient (Wildman–Crippen LogP) is 2.21. The molecule has 1 aromatic carbocycles. The first-order valence-electron chi connectivity index (χ1n) is 9.67. The molecule has 29 heavy (non-hydrogen) atoms. The highest BCUT2D eigenvalue weighted by Gasteiger charge is 2.28. The highest BCUT2D eigenvalue weighted by Crippen LogP contribution is 2.24. The van der Waals surface area contributed by atoms with Crippen LogP contribution in [0.2, 0.25) is 0 Å². The molecule has 1 aromatic heterocycles. The van der Waals surface area contributed by atoms with Crippen LogP contribution in [0, 0.1) is 5.82 Å². The minimum Gasteiger partial charge on any atom is -0.494 e. The number of nitrogens with zero attached hydrogens (tertiary/aromatic N) is 5. The van der Waals surface area contributed by atoms with Gasteiger partial charge in [0.25, 0.3) is 11.8 Å². The van der Waals surface area contributed by atoms with Crippen molar-refractivity contribution in [2.75, 3.05) is 27.7 Å². The second-order valence-electron chi connectivity index (χ2n) is 7.35. The van der Waals surface area contributed by atoms with E-state index < -0.39 is 5.82 Å². The minimum atomic E-state index is -0.549. The van der Waals surface area contributed by atoms with Crippen LogP contribution in [0.3, 0.4) is 0 Å². The molecule has 1 atom stereocenters. The number of hydrogen-bond donors (Lipinski definition) is 0.